The highest BCUT2D eigenvalue weighted by Gasteiger charge is 2.05. The van der Waals surface area contributed by atoms with Crippen molar-refractivity contribution in [2.24, 2.45) is 0 Å². The molecule has 0 aliphatic carbocycles. The molecule has 0 spiro atoms. The molecule has 0 bridgehead atoms. The van der Waals surface area contributed by atoms with Gasteiger partial charge in [0.25, 0.3) is 0 Å². The molecule has 0 N–H and O–H groups in total. The Kier molecular flexibility index (Phi) is 29.4. The molecule has 0 heterocycles. The van der Waals surface area contributed by atoms with Crippen LogP contribution in [-0.4, -0.2) is 64.3 Å². The highest BCUT2D eigenvalue weighted by atomic mass is 31.2. The average molecular weight is 629 g/mol. The van der Waals surface area contributed by atoms with E-state index in [1.54, 1.807) is 18.2 Å². The molecule has 0 saturated carbocycles. The molecular formula is C36H73N2O4P. The van der Waals surface area contributed by atoms with Gasteiger partial charge in [-0.2, -0.15) is 0 Å². The largest absolute Gasteiger partial charge is 0.780 e. The summed E-state index contributed by atoms with van der Waals surface area (Å²) in [6, 6.07) is 7.62. The smallest absolute Gasteiger partial charge is 0.124 e. The lowest BCUT2D eigenvalue weighted by atomic mass is 10.1. The van der Waals surface area contributed by atoms with Crippen LogP contribution >= 0.6 is 7.82 Å². The van der Waals surface area contributed by atoms with E-state index in [1.165, 1.54) is 154 Å². The van der Waals surface area contributed by atoms with E-state index >= 15 is 0 Å². The van der Waals surface area contributed by atoms with Crippen molar-refractivity contribution in [3.63, 3.8) is 0 Å². The highest BCUT2D eigenvalue weighted by Crippen LogP contribution is 2.28. The molecule has 1 aromatic carbocycles. The van der Waals surface area contributed by atoms with Crippen LogP contribution in [0.5, 0.6) is 5.75 Å². The molecule has 7 heteroatoms. The number of rotatable bonds is 24. The number of hydrogen-bond donors (Lipinski definition) is 0. The second-order valence-corrected chi connectivity index (χ2v) is 15.3. The topological polar surface area (TPSA) is 72.4 Å². The first-order valence-corrected chi connectivity index (χ1v) is 19.0. The maximum Gasteiger partial charge on any atom is 0.124 e. The first-order valence-electron chi connectivity index (χ1n) is 17.6. The molecule has 1 rings (SSSR count). The predicted molar refractivity (Wildman–Crippen MR) is 184 cm³/mol. The quantitative estimate of drug-likeness (QED) is 0.0650. The maximum atomic E-state index is 10.1. The third kappa shape index (κ3) is 43.3. The van der Waals surface area contributed by atoms with Crippen LogP contribution in [0, 0.1) is 0 Å². The normalized spacial score (nSPS) is 11.8. The zero-order valence-electron chi connectivity index (χ0n) is 29.9. The summed E-state index contributed by atoms with van der Waals surface area (Å²) in [5.74, 6) is 0.0424. The van der Waals surface area contributed by atoms with Crippen molar-refractivity contribution in [1.82, 2.24) is 0 Å². The number of para-hydroxylation sites is 1. The van der Waals surface area contributed by atoms with Gasteiger partial charge < -0.3 is 27.8 Å². The molecular weight excluding hydrogens is 555 g/mol. The molecule has 0 amide bonds. The summed E-state index contributed by atoms with van der Waals surface area (Å²) >= 11 is 0. The fraction of sp³-hybridized carbons (Fsp3) is 0.833. The van der Waals surface area contributed by atoms with Crippen LogP contribution in [0.25, 0.3) is 0 Å². The van der Waals surface area contributed by atoms with Crippen LogP contribution in [0.15, 0.2) is 30.3 Å². The van der Waals surface area contributed by atoms with Crippen molar-refractivity contribution < 1.29 is 27.8 Å². The highest BCUT2D eigenvalue weighted by molar-refractivity contribution is 7.43. The van der Waals surface area contributed by atoms with Gasteiger partial charge in [-0.1, -0.05) is 135 Å². The Hall–Kier alpha value is -0.910. The third-order valence-corrected chi connectivity index (χ3v) is 7.76. The Morgan fingerprint density at radius 1 is 0.512 bits per heavy atom. The molecule has 1 aromatic rings. The number of unbranched alkanes of at least 4 members (excludes halogenated alkanes) is 18. The summed E-state index contributed by atoms with van der Waals surface area (Å²) in [7, 11) is 8.83. The SMILES string of the molecule is CCCCCCCCCCCC[N+](C)(C)C.CCCCCCCCCCCC[N+](C)(C)C.O=P([O-])([O-])Oc1ccccc1. The zero-order chi connectivity index (χ0) is 32.9. The molecule has 0 aromatic heterocycles. The summed E-state index contributed by atoms with van der Waals surface area (Å²) in [5, 5.41) is 0. The summed E-state index contributed by atoms with van der Waals surface area (Å²) in [4.78, 5) is 20.1. The summed E-state index contributed by atoms with van der Waals surface area (Å²) in [6.45, 7) is 7.23. The fourth-order valence-electron chi connectivity index (χ4n) is 4.76. The fourth-order valence-corrected chi connectivity index (χ4v) is 5.14. The van der Waals surface area contributed by atoms with E-state index in [4.69, 9.17) is 0 Å². The molecule has 0 aliphatic rings. The second kappa shape index (κ2) is 28.6. The Morgan fingerprint density at radius 2 is 0.791 bits per heavy atom. The lowest BCUT2D eigenvalue weighted by Gasteiger charge is -2.28. The molecule has 6 nitrogen and oxygen atoms in total. The van der Waals surface area contributed by atoms with E-state index in [1.807, 2.05) is 0 Å². The Labute approximate surface area is 269 Å². The van der Waals surface area contributed by atoms with Gasteiger partial charge in [-0.25, -0.2) is 0 Å². The average Bonchev–Trinajstić information content (AvgIpc) is 2.90. The van der Waals surface area contributed by atoms with E-state index < -0.39 is 7.82 Å². The summed E-state index contributed by atoms with van der Waals surface area (Å²) in [5.41, 5.74) is 0. The first-order chi connectivity index (χ1) is 20.2. The van der Waals surface area contributed by atoms with E-state index in [0.29, 0.717) is 0 Å². The van der Waals surface area contributed by atoms with Gasteiger partial charge in [-0.15, -0.1) is 0 Å². The predicted octanol–water partition coefficient (Wildman–Crippen LogP) is 9.12. The van der Waals surface area contributed by atoms with Gasteiger partial charge in [-0.3, -0.25) is 0 Å². The molecule has 0 aliphatic heterocycles. The van der Waals surface area contributed by atoms with Crippen molar-refractivity contribution in [3.8, 4) is 5.75 Å². The minimum absolute atomic E-state index is 0.0424. The number of nitrogens with zero attached hydrogens (tertiary/aromatic N) is 2. The minimum Gasteiger partial charge on any atom is -0.780 e. The molecule has 0 radical (unpaired) electrons. The van der Waals surface area contributed by atoms with E-state index in [2.05, 4.69) is 60.7 Å². The van der Waals surface area contributed by atoms with Gasteiger partial charge in [0.05, 0.1) is 55.4 Å². The molecule has 256 valence electrons. The van der Waals surface area contributed by atoms with Crippen LogP contribution in [0.1, 0.15) is 142 Å². The maximum absolute atomic E-state index is 10.1. The van der Waals surface area contributed by atoms with Gasteiger partial charge in [0.15, 0.2) is 0 Å². The zero-order valence-corrected chi connectivity index (χ0v) is 30.8. The van der Waals surface area contributed by atoms with Crippen molar-refractivity contribution in [2.45, 2.75) is 142 Å². The van der Waals surface area contributed by atoms with Crippen LogP contribution in [0.4, 0.5) is 0 Å². The van der Waals surface area contributed by atoms with Gasteiger partial charge in [0.2, 0.25) is 0 Å². The standard InChI is InChI=1S/2C15H34N.C6H7O4P/c2*1-5-6-7-8-9-10-11-12-13-14-15-16(2,3)4;7-11(8,9)10-6-4-2-1-3-5-6/h2*5-15H2,1-4H3;1-5H,(H2,7,8,9)/q2*+1;/p-2. The third-order valence-electron chi connectivity index (χ3n) is 7.33. The summed E-state index contributed by atoms with van der Waals surface area (Å²) in [6.07, 6.45) is 28.8. The van der Waals surface area contributed by atoms with Crippen molar-refractivity contribution in [1.29, 1.82) is 0 Å². The second-order valence-electron chi connectivity index (χ2n) is 14.2. The van der Waals surface area contributed by atoms with Crippen LogP contribution in [0.3, 0.4) is 0 Å². The molecule has 43 heavy (non-hydrogen) atoms. The van der Waals surface area contributed by atoms with Crippen LogP contribution in [0.2, 0.25) is 0 Å². The van der Waals surface area contributed by atoms with Gasteiger partial charge in [-0.05, 0) is 37.8 Å². The van der Waals surface area contributed by atoms with Gasteiger partial charge >= 0.3 is 0 Å². The Bertz CT molecular complexity index is 708. The van der Waals surface area contributed by atoms with Gasteiger partial charge in [0, 0.05) is 0 Å². The van der Waals surface area contributed by atoms with Gasteiger partial charge in [0.1, 0.15) is 13.6 Å². The Balaban J connectivity index is 0. The number of benzene rings is 1. The number of phosphoric acid groups is 1. The lowest BCUT2D eigenvalue weighted by molar-refractivity contribution is -0.870. The minimum atomic E-state index is -4.89. The van der Waals surface area contributed by atoms with Crippen LogP contribution in [-0.2, 0) is 4.57 Å². The van der Waals surface area contributed by atoms with Crippen LogP contribution < -0.4 is 14.3 Å². The summed E-state index contributed by atoms with van der Waals surface area (Å²) < 4.78 is 16.3. The molecule has 0 fully saturated rings. The number of hydrogen-bond acceptors (Lipinski definition) is 4. The molecule has 0 atom stereocenters. The molecule has 0 unspecified atom stereocenters. The Morgan fingerprint density at radius 3 is 1.05 bits per heavy atom. The van der Waals surface area contributed by atoms with Crippen molar-refractivity contribution >= 4 is 7.82 Å². The lowest BCUT2D eigenvalue weighted by Crippen LogP contribution is -2.35. The van der Waals surface area contributed by atoms with E-state index in [9.17, 15) is 14.4 Å². The monoisotopic (exact) mass is 629 g/mol. The molecule has 0 saturated heterocycles. The first kappa shape index (κ1) is 44.2. The van der Waals surface area contributed by atoms with E-state index in [-0.39, 0.29) is 5.75 Å². The number of quaternary nitrogens is 2. The van der Waals surface area contributed by atoms with Crippen molar-refractivity contribution in [2.75, 3.05) is 55.4 Å². The number of phosphoric ester groups is 1. The van der Waals surface area contributed by atoms with Crippen molar-refractivity contribution in [3.05, 3.63) is 30.3 Å². The van der Waals surface area contributed by atoms with E-state index in [0.717, 1.165) is 8.97 Å².